The van der Waals surface area contributed by atoms with Gasteiger partial charge in [-0.15, -0.1) is 0 Å². The molecule has 0 aliphatic heterocycles. The molecule has 1 aromatic carbocycles. The number of hydrogen-bond donors (Lipinski definition) is 1. The van der Waals surface area contributed by atoms with Crippen LogP contribution in [0, 0.1) is 0 Å². The van der Waals surface area contributed by atoms with Gasteiger partial charge in [0.2, 0.25) is 5.91 Å². The lowest BCUT2D eigenvalue weighted by Gasteiger charge is -2.08. The Hall–Kier alpha value is -3.26. The van der Waals surface area contributed by atoms with Gasteiger partial charge in [-0.25, -0.2) is 4.98 Å². The number of fused-ring (bicyclic) bond motifs is 1. The maximum absolute atomic E-state index is 12.4. The lowest BCUT2D eigenvalue weighted by Crippen LogP contribution is -2.27. The Morgan fingerprint density at radius 2 is 2.15 bits per heavy atom. The van der Waals surface area contributed by atoms with E-state index in [1.807, 2.05) is 35.7 Å². The normalized spacial score (nSPS) is 11.0. The number of amides is 1. The predicted molar refractivity (Wildman–Crippen MR) is 101 cm³/mol. The van der Waals surface area contributed by atoms with E-state index in [1.54, 1.807) is 18.4 Å². The number of benzene rings is 1. The maximum atomic E-state index is 12.4. The van der Waals surface area contributed by atoms with E-state index in [4.69, 9.17) is 0 Å². The highest BCUT2D eigenvalue weighted by Crippen LogP contribution is 2.24. The second-order valence-corrected chi connectivity index (χ2v) is 6.60. The molecule has 4 aromatic rings. The number of aryl methyl sites for hydroxylation is 1. The van der Waals surface area contributed by atoms with Crippen molar-refractivity contribution < 1.29 is 4.79 Å². The Labute approximate surface area is 152 Å². The highest BCUT2D eigenvalue weighted by Gasteiger charge is 2.11. The largest absolute Gasteiger partial charge is 0.325 e. The summed E-state index contributed by atoms with van der Waals surface area (Å²) in [5.74, 6) is -0.292. The van der Waals surface area contributed by atoms with Crippen LogP contribution in [0.2, 0.25) is 0 Å². The van der Waals surface area contributed by atoms with Crippen molar-refractivity contribution in [2.24, 2.45) is 7.05 Å². The molecule has 1 N–H and O–H groups in total. The molecule has 130 valence electrons. The quantitative estimate of drug-likeness (QED) is 0.602. The van der Waals surface area contributed by atoms with Crippen molar-refractivity contribution in [1.29, 1.82) is 0 Å². The molecule has 3 heterocycles. The maximum Gasteiger partial charge on any atom is 0.264 e. The van der Waals surface area contributed by atoms with Crippen LogP contribution in [0.5, 0.6) is 0 Å². The van der Waals surface area contributed by atoms with Gasteiger partial charge < -0.3 is 5.32 Å². The van der Waals surface area contributed by atoms with Gasteiger partial charge in [0, 0.05) is 12.7 Å². The summed E-state index contributed by atoms with van der Waals surface area (Å²) in [7, 11) is 1.71. The Morgan fingerprint density at radius 1 is 1.27 bits per heavy atom. The van der Waals surface area contributed by atoms with Gasteiger partial charge in [-0.05, 0) is 40.1 Å². The fourth-order valence-corrected chi connectivity index (χ4v) is 3.40. The van der Waals surface area contributed by atoms with Crippen LogP contribution in [0.25, 0.3) is 22.2 Å². The molecule has 0 aliphatic rings. The molecule has 0 saturated heterocycles. The van der Waals surface area contributed by atoms with Crippen LogP contribution >= 0.6 is 11.3 Å². The van der Waals surface area contributed by atoms with Crippen LogP contribution in [-0.2, 0) is 18.4 Å². The van der Waals surface area contributed by atoms with Crippen molar-refractivity contribution >= 4 is 34.0 Å². The third-order valence-electron chi connectivity index (χ3n) is 4.03. The van der Waals surface area contributed by atoms with E-state index in [9.17, 15) is 9.59 Å². The number of anilines is 1. The molecule has 7 nitrogen and oxygen atoms in total. The first-order valence-electron chi connectivity index (χ1n) is 7.91. The summed E-state index contributed by atoms with van der Waals surface area (Å²) in [5, 5.41) is 11.3. The van der Waals surface area contributed by atoms with Crippen LogP contribution < -0.4 is 10.9 Å². The SMILES string of the molecule is Cn1ncc2c(=O)n(CC(=O)Nc3cccc(-c4ccsc4)c3)cnc21. The number of hydrogen-bond acceptors (Lipinski definition) is 5. The van der Waals surface area contributed by atoms with E-state index in [0.29, 0.717) is 16.7 Å². The van der Waals surface area contributed by atoms with Crippen LogP contribution in [-0.4, -0.2) is 25.2 Å². The first kappa shape index (κ1) is 16.2. The summed E-state index contributed by atoms with van der Waals surface area (Å²) in [6.07, 6.45) is 2.83. The van der Waals surface area contributed by atoms with E-state index in [2.05, 4.69) is 20.8 Å². The van der Waals surface area contributed by atoms with E-state index >= 15 is 0 Å². The average Bonchev–Trinajstić information content (AvgIpc) is 3.28. The van der Waals surface area contributed by atoms with Crippen molar-refractivity contribution in [2.45, 2.75) is 6.54 Å². The predicted octanol–water partition coefficient (Wildman–Crippen LogP) is 2.50. The zero-order chi connectivity index (χ0) is 18.1. The standard InChI is InChI=1S/C18H15N5O2S/c1-22-17-15(8-20-22)18(25)23(11-19-17)9-16(24)21-14-4-2-3-12(7-14)13-5-6-26-10-13/h2-8,10-11H,9H2,1H3,(H,21,24). The van der Waals surface area contributed by atoms with Gasteiger partial charge >= 0.3 is 0 Å². The fraction of sp³-hybridized carbons (Fsp3) is 0.111. The number of aromatic nitrogens is 4. The number of carbonyl (C=O) groups is 1. The monoisotopic (exact) mass is 365 g/mol. The molecule has 0 spiro atoms. The molecule has 8 heteroatoms. The third-order valence-corrected chi connectivity index (χ3v) is 4.72. The minimum Gasteiger partial charge on any atom is -0.325 e. The van der Waals surface area contributed by atoms with Crippen molar-refractivity contribution in [1.82, 2.24) is 19.3 Å². The Balaban J connectivity index is 1.54. The topological polar surface area (TPSA) is 81.8 Å². The van der Waals surface area contributed by atoms with E-state index in [0.717, 1.165) is 11.1 Å². The van der Waals surface area contributed by atoms with E-state index in [-0.39, 0.29) is 18.0 Å². The molecular weight excluding hydrogens is 350 g/mol. The number of rotatable bonds is 4. The molecule has 0 radical (unpaired) electrons. The first-order valence-corrected chi connectivity index (χ1v) is 8.86. The van der Waals surface area contributed by atoms with Crippen LogP contribution in [0.15, 0.2) is 58.4 Å². The zero-order valence-electron chi connectivity index (χ0n) is 13.9. The number of nitrogens with zero attached hydrogens (tertiary/aromatic N) is 4. The molecule has 0 fully saturated rings. The minimum atomic E-state index is -0.292. The number of nitrogens with one attached hydrogen (secondary N) is 1. The molecule has 0 aliphatic carbocycles. The molecule has 0 atom stereocenters. The summed E-state index contributed by atoms with van der Waals surface area (Å²) in [5.41, 5.74) is 3.02. The van der Waals surface area contributed by atoms with Gasteiger partial charge in [0.25, 0.3) is 5.56 Å². The average molecular weight is 365 g/mol. The second kappa shape index (κ2) is 6.57. The zero-order valence-corrected chi connectivity index (χ0v) is 14.7. The highest BCUT2D eigenvalue weighted by molar-refractivity contribution is 7.08. The first-order chi connectivity index (χ1) is 12.6. The molecule has 1 amide bonds. The molecule has 0 unspecified atom stereocenters. The molecule has 4 rings (SSSR count). The summed E-state index contributed by atoms with van der Waals surface area (Å²) in [4.78, 5) is 29.0. The van der Waals surface area contributed by atoms with Crippen LogP contribution in [0.4, 0.5) is 5.69 Å². The Kier molecular flexibility index (Phi) is 4.10. The molecule has 26 heavy (non-hydrogen) atoms. The minimum absolute atomic E-state index is 0.112. The van der Waals surface area contributed by atoms with Gasteiger partial charge in [0.05, 0.1) is 6.20 Å². The summed E-state index contributed by atoms with van der Waals surface area (Å²) in [6.45, 7) is -0.112. The van der Waals surface area contributed by atoms with E-state index in [1.165, 1.54) is 21.8 Å². The highest BCUT2D eigenvalue weighted by atomic mass is 32.1. The molecule has 0 bridgehead atoms. The van der Waals surface area contributed by atoms with Gasteiger partial charge in [-0.3, -0.25) is 18.8 Å². The number of thiophene rings is 1. The lowest BCUT2D eigenvalue weighted by atomic mass is 10.1. The van der Waals surface area contributed by atoms with Gasteiger partial charge in [-0.1, -0.05) is 12.1 Å². The third kappa shape index (κ3) is 3.02. The lowest BCUT2D eigenvalue weighted by molar-refractivity contribution is -0.116. The summed E-state index contributed by atoms with van der Waals surface area (Å²) >= 11 is 1.62. The Morgan fingerprint density at radius 3 is 2.96 bits per heavy atom. The Bertz CT molecular complexity index is 1140. The van der Waals surface area contributed by atoms with Gasteiger partial charge in [0.1, 0.15) is 18.3 Å². The van der Waals surface area contributed by atoms with Crippen molar-refractivity contribution in [3.05, 3.63) is 64.0 Å². The van der Waals surface area contributed by atoms with E-state index < -0.39 is 0 Å². The molecule has 3 aromatic heterocycles. The second-order valence-electron chi connectivity index (χ2n) is 5.82. The molecular formula is C18H15N5O2S. The summed E-state index contributed by atoms with van der Waals surface area (Å²) in [6, 6.07) is 9.63. The van der Waals surface area contributed by atoms with Crippen LogP contribution in [0.3, 0.4) is 0 Å². The van der Waals surface area contributed by atoms with Crippen LogP contribution in [0.1, 0.15) is 0 Å². The van der Waals surface area contributed by atoms with Crippen molar-refractivity contribution in [3.8, 4) is 11.1 Å². The van der Waals surface area contributed by atoms with Gasteiger partial charge in [0.15, 0.2) is 5.65 Å². The summed E-state index contributed by atoms with van der Waals surface area (Å²) < 4.78 is 2.80. The fourth-order valence-electron chi connectivity index (χ4n) is 2.74. The molecule has 0 saturated carbocycles. The van der Waals surface area contributed by atoms with Crippen molar-refractivity contribution in [3.63, 3.8) is 0 Å². The number of carbonyl (C=O) groups excluding carboxylic acids is 1. The van der Waals surface area contributed by atoms with Crippen molar-refractivity contribution in [2.75, 3.05) is 5.32 Å². The smallest absolute Gasteiger partial charge is 0.264 e. The van der Waals surface area contributed by atoms with Gasteiger partial charge in [-0.2, -0.15) is 16.4 Å².